The van der Waals surface area contributed by atoms with Crippen LogP contribution in [0.5, 0.6) is 0 Å². The minimum absolute atomic E-state index is 0.779. The van der Waals surface area contributed by atoms with Crippen molar-refractivity contribution in [3.63, 3.8) is 0 Å². The van der Waals surface area contributed by atoms with Gasteiger partial charge in [0.25, 0.3) is 0 Å². The van der Waals surface area contributed by atoms with Crippen LogP contribution in [-0.4, -0.2) is 13.3 Å². The summed E-state index contributed by atoms with van der Waals surface area (Å²) in [7, 11) is 1.87. The van der Waals surface area contributed by atoms with Gasteiger partial charge in [-0.2, -0.15) is 0 Å². The van der Waals surface area contributed by atoms with E-state index < -0.39 is 0 Å². The molecule has 3 heteroatoms. The Balaban J connectivity index is 4.26. The fourth-order valence-corrected chi connectivity index (χ4v) is 1.50. The Hall–Kier alpha value is -1.22. The molecule has 1 N–H and O–H groups in total. The van der Waals surface area contributed by atoms with Crippen LogP contribution in [0.3, 0.4) is 0 Å². The van der Waals surface area contributed by atoms with Crippen LogP contribution in [0.25, 0.3) is 0 Å². The summed E-state index contributed by atoms with van der Waals surface area (Å²) in [6.45, 7) is 9.51. The molecule has 0 heterocycles. The van der Waals surface area contributed by atoms with E-state index >= 15 is 0 Å². The normalized spacial score (nSPS) is 12.3. The average Bonchev–Trinajstić information content (AvgIpc) is 2.25. The summed E-state index contributed by atoms with van der Waals surface area (Å²) in [5.41, 5.74) is 0. The number of aliphatic imine (C=N–C) groups is 1. The molecule has 15 heavy (non-hydrogen) atoms. The van der Waals surface area contributed by atoms with Gasteiger partial charge in [-0.3, -0.25) is 4.99 Å². The highest BCUT2D eigenvalue weighted by molar-refractivity contribution is 8.06. The Kier molecular flexibility index (Phi) is 8.58. The van der Waals surface area contributed by atoms with E-state index in [4.69, 9.17) is 0 Å². The Morgan fingerprint density at radius 1 is 1.53 bits per heavy atom. The summed E-state index contributed by atoms with van der Waals surface area (Å²) in [6, 6.07) is 0. The number of hydrogen-bond acceptors (Lipinski definition) is 3. The third kappa shape index (κ3) is 7.82. The van der Waals surface area contributed by atoms with E-state index in [2.05, 4.69) is 36.5 Å². The second-order valence-electron chi connectivity index (χ2n) is 2.64. The van der Waals surface area contributed by atoms with Gasteiger partial charge >= 0.3 is 0 Å². The summed E-state index contributed by atoms with van der Waals surface area (Å²) < 4.78 is 0. The van der Waals surface area contributed by atoms with E-state index in [1.54, 1.807) is 24.1 Å². The van der Waals surface area contributed by atoms with Crippen molar-refractivity contribution in [1.82, 2.24) is 5.32 Å². The second-order valence-corrected chi connectivity index (χ2v) is 3.84. The quantitative estimate of drug-likeness (QED) is 0.527. The molecule has 0 unspecified atom stereocenters. The zero-order chi connectivity index (χ0) is 11.5. The molecule has 0 bridgehead atoms. The predicted molar refractivity (Wildman–Crippen MR) is 72.0 cm³/mol. The van der Waals surface area contributed by atoms with E-state index in [-0.39, 0.29) is 0 Å². The van der Waals surface area contributed by atoms with Gasteiger partial charge in [0.2, 0.25) is 0 Å². The highest BCUT2D eigenvalue weighted by atomic mass is 32.2. The Morgan fingerprint density at radius 2 is 2.27 bits per heavy atom. The largest absolute Gasteiger partial charge is 0.394 e. The summed E-state index contributed by atoms with van der Waals surface area (Å²) in [4.78, 5) is 5.33. The zero-order valence-electron chi connectivity index (χ0n) is 9.36. The van der Waals surface area contributed by atoms with Crippen LogP contribution in [-0.2, 0) is 0 Å². The first kappa shape index (κ1) is 13.8. The Labute approximate surface area is 96.6 Å². The predicted octanol–water partition coefficient (Wildman–Crippen LogP) is 3.47. The smallest absolute Gasteiger partial charge is 0.0932 e. The van der Waals surface area contributed by atoms with Gasteiger partial charge < -0.3 is 5.32 Å². The maximum Gasteiger partial charge on any atom is 0.0932 e. The fourth-order valence-electron chi connectivity index (χ4n) is 0.789. The molecule has 0 saturated heterocycles. The molecule has 0 atom stereocenters. The third-order valence-corrected chi connectivity index (χ3v) is 2.49. The maximum absolute atomic E-state index is 4.10. The molecule has 0 rings (SSSR count). The van der Waals surface area contributed by atoms with Crippen LogP contribution in [0.15, 0.2) is 52.5 Å². The van der Waals surface area contributed by atoms with E-state index in [1.807, 2.05) is 19.3 Å². The molecule has 0 spiro atoms. The lowest BCUT2D eigenvalue weighted by Crippen LogP contribution is -1.89. The molecule has 82 valence electrons. The SMILES string of the molecule is C=CC=NC(=C)S/C(=C/C=C\NC)CC. The van der Waals surface area contributed by atoms with Gasteiger partial charge in [-0.15, -0.1) is 0 Å². The van der Waals surface area contributed by atoms with Crippen molar-refractivity contribution in [2.45, 2.75) is 13.3 Å². The fraction of sp³-hybridized carbons (Fsp3) is 0.250. The standard InChI is InChI=1S/C12H18N2S/c1-5-9-14-11(3)15-12(6-2)8-7-10-13-4/h5,7-10,13H,1,3,6H2,2,4H3/b10-7-,12-8+,14-9?. The topological polar surface area (TPSA) is 24.4 Å². The Bertz CT molecular complexity index is 288. The molecule has 0 aliphatic rings. The van der Waals surface area contributed by atoms with Crippen LogP contribution < -0.4 is 5.32 Å². The molecule has 0 saturated carbocycles. The van der Waals surface area contributed by atoms with E-state index in [0.717, 1.165) is 11.4 Å². The van der Waals surface area contributed by atoms with Crippen molar-refractivity contribution in [2.75, 3.05) is 7.05 Å². The monoisotopic (exact) mass is 222 g/mol. The molecular weight excluding hydrogens is 204 g/mol. The van der Waals surface area contributed by atoms with Crippen molar-refractivity contribution < 1.29 is 0 Å². The number of nitrogens with zero attached hydrogens (tertiary/aromatic N) is 1. The van der Waals surface area contributed by atoms with Gasteiger partial charge in [0.05, 0.1) is 5.03 Å². The Morgan fingerprint density at radius 3 is 2.80 bits per heavy atom. The van der Waals surface area contributed by atoms with Gasteiger partial charge in [-0.1, -0.05) is 44.0 Å². The van der Waals surface area contributed by atoms with E-state index in [9.17, 15) is 0 Å². The van der Waals surface area contributed by atoms with Crippen molar-refractivity contribution >= 4 is 18.0 Å². The number of thioether (sulfide) groups is 1. The van der Waals surface area contributed by atoms with Crippen molar-refractivity contribution in [2.24, 2.45) is 4.99 Å². The molecule has 0 aromatic rings. The number of hydrogen-bond donors (Lipinski definition) is 1. The van der Waals surface area contributed by atoms with E-state index in [1.165, 1.54) is 4.91 Å². The second kappa shape index (κ2) is 9.34. The minimum atomic E-state index is 0.779. The molecule has 0 aromatic heterocycles. The van der Waals surface area contributed by atoms with Crippen LogP contribution in [0, 0.1) is 0 Å². The van der Waals surface area contributed by atoms with Crippen molar-refractivity contribution in [3.8, 4) is 0 Å². The molecule has 0 amide bonds. The van der Waals surface area contributed by atoms with Crippen LogP contribution in [0.2, 0.25) is 0 Å². The number of rotatable bonds is 7. The van der Waals surface area contributed by atoms with Crippen LogP contribution in [0.4, 0.5) is 0 Å². The molecule has 2 nitrogen and oxygen atoms in total. The van der Waals surface area contributed by atoms with Crippen LogP contribution in [0.1, 0.15) is 13.3 Å². The molecule has 0 aliphatic heterocycles. The molecule has 0 fully saturated rings. The first-order valence-corrected chi connectivity index (χ1v) is 5.61. The molecule has 0 radical (unpaired) electrons. The summed E-state index contributed by atoms with van der Waals surface area (Å²) in [6.07, 6.45) is 10.2. The lowest BCUT2D eigenvalue weighted by molar-refractivity contribution is 1.10. The summed E-state index contributed by atoms with van der Waals surface area (Å²) >= 11 is 1.58. The van der Waals surface area contributed by atoms with E-state index in [0.29, 0.717) is 0 Å². The van der Waals surface area contributed by atoms with Gasteiger partial charge in [-0.25, -0.2) is 0 Å². The zero-order valence-corrected chi connectivity index (χ0v) is 10.2. The first-order chi connectivity index (χ1) is 7.24. The van der Waals surface area contributed by atoms with Gasteiger partial charge in [0, 0.05) is 13.3 Å². The number of allylic oxidation sites excluding steroid dienone is 4. The molecule has 0 aromatic carbocycles. The summed E-state index contributed by atoms with van der Waals surface area (Å²) in [5, 5.41) is 3.71. The molecular formula is C12H18N2S. The number of nitrogens with one attached hydrogen (secondary N) is 1. The van der Waals surface area contributed by atoms with Crippen molar-refractivity contribution in [1.29, 1.82) is 0 Å². The van der Waals surface area contributed by atoms with Crippen molar-refractivity contribution in [3.05, 3.63) is 47.5 Å². The first-order valence-electron chi connectivity index (χ1n) is 4.79. The lowest BCUT2D eigenvalue weighted by atomic mass is 10.4. The molecule has 0 aliphatic carbocycles. The highest BCUT2D eigenvalue weighted by Gasteiger charge is 1.96. The van der Waals surface area contributed by atoms with Gasteiger partial charge in [0.15, 0.2) is 0 Å². The minimum Gasteiger partial charge on any atom is -0.394 e. The third-order valence-electron chi connectivity index (χ3n) is 1.47. The van der Waals surface area contributed by atoms with Gasteiger partial charge in [0.1, 0.15) is 0 Å². The maximum atomic E-state index is 4.10. The average molecular weight is 222 g/mol. The van der Waals surface area contributed by atoms with Crippen LogP contribution >= 0.6 is 11.8 Å². The van der Waals surface area contributed by atoms with Gasteiger partial charge in [-0.05, 0) is 23.6 Å². The highest BCUT2D eigenvalue weighted by Crippen LogP contribution is 2.26. The lowest BCUT2D eigenvalue weighted by Gasteiger charge is -2.01. The summed E-state index contributed by atoms with van der Waals surface area (Å²) in [5.74, 6) is 0.